The Morgan fingerprint density at radius 1 is 0.695 bits per heavy atom. The second kappa shape index (κ2) is 26.0. The number of phenolic OH excluding ortho intramolecular Hbond substituents is 2. The van der Waals surface area contributed by atoms with E-state index in [-0.39, 0.29) is 71.7 Å². The summed E-state index contributed by atoms with van der Waals surface area (Å²) in [5.41, 5.74) is -1.48. The first-order chi connectivity index (χ1) is 38.5. The summed E-state index contributed by atoms with van der Waals surface area (Å²) in [6.45, 7) is 15.7. The highest BCUT2D eigenvalue weighted by molar-refractivity contribution is 6.11. The molecule has 0 radical (unpaired) electrons. The number of Topliss-reactive ketones (excluding diaryl/α,β-unsaturated/α-hetero) is 2. The van der Waals surface area contributed by atoms with E-state index in [1.807, 2.05) is 0 Å². The molecule has 0 saturated carbocycles. The molecule has 5 heterocycles. The van der Waals surface area contributed by atoms with Gasteiger partial charge in [-0.1, -0.05) is 13.8 Å². The molecule has 25 nitrogen and oxygen atoms in total. The summed E-state index contributed by atoms with van der Waals surface area (Å²) in [5.74, 6) is -5.00. The lowest BCUT2D eigenvalue weighted by Crippen LogP contribution is -2.59. The van der Waals surface area contributed by atoms with Crippen molar-refractivity contribution in [1.29, 1.82) is 0 Å². The van der Waals surface area contributed by atoms with Crippen LogP contribution in [0.3, 0.4) is 0 Å². The van der Waals surface area contributed by atoms with Crippen LogP contribution in [0.2, 0.25) is 0 Å². The number of fused-ring (bicyclic) bond motifs is 2. The van der Waals surface area contributed by atoms with E-state index < -0.39 is 188 Å². The second-order valence-electron chi connectivity index (χ2n) is 23.5. The molecule has 25 heteroatoms. The van der Waals surface area contributed by atoms with Crippen LogP contribution < -0.4 is 4.74 Å². The quantitative estimate of drug-likeness (QED) is 0.0958. The number of ketones is 2. The molecule has 6 aliphatic rings. The van der Waals surface area contributed by atoms with Crippen LogP contribution in [-0.2, 0) is 72.9 Å². The maximum absolute atomic E-state index is 15.1. The van der Waals surface area contributed by atoms with Crippen LogP contribution in [0.15, 0.2) is 12.1 Å². The molecule has 25 atom stereocenters. The third kappa shape index (κ3) is 13.4. The highest BCUT2D eigenvalue weighted by Gasteiger charge is 2.52. The van der Waals surface area contributed by atoms with Gasteiger partial charge in [-0.05, 0) is 84.9 Å². The molecule has 25 unspecified atom stereocenters. The Balaban J connectivity index is 1.02. The molecule has 1 aliphatic carbocycles. The maximum Gasteiger partial charge on any atom is 0.308 e. The number of carbonyl (C=O) groups is 3. The van der Waals surface area contributed by atoms with Crippen molar-refractivity contribution in [2.45, 2.75) is 255 Å². The predicted octanol–water partition coefficient (Wildman–Crippen LogP) is 1.61. The zero-order valence-corrected chi connectivity index (χ0v) is 48.4. The number of ether oxygens (including phenoxy) is 13. The van der Waals surface area contributed by atoms with Gasteiger partial charge < -0.3 is 108 Å². The van der Waals surface area contributed by atoms with E-state index in [9.17, 15) is 55.5 Å². The summed E-state index contributed by atoms with van der Waals surface area (Å²) in [6.07, 6.45) is -25.8. The number of aromatic hydroxyl groups is 2. The van der Waals surface area contributed by atoms with Crippen molar-refractivity contribution in [3.8, 4) is 17.2 Å². The summed E-state index contributed by atoms with van der Waals surface area (Å²) in [6, 6.07) is 3.06. The van der Waals surface area contributed by atoms with Gasteiger partial charge in [0.2, 0.25) is 6.29 Å². The molecule has 0 aromatic heterocycles. The summed E-state index contributed by atoms with van der Waals surface area (Å²) in [5, 5.41) is 101. The summed E-state index contributed by atoms with van der Waals surface area (Å²) < 4.78 is 78.5. The fraction of sp³-hybridized carbons (Fsp3) is 0.772. The third-order valence-electron chi connectivity index (χ3n) is 16.8. The van der Waals surface area contributed by atoms with Gasteiger partial charge in [0.25, 0.3) is 0 Å². The van der Waals surface area contributed by atoms with Gasteiger partial charge >= 0.3 is 5.97 Å². The van der Waals surface area contributed by atoms with Crippen LogP contribution in [0.4, 0.5) is 0 Å². The van der Waals surface area contributed by atoms with Crippen LogP contribution in [-0.4, -0.2) is 225 Å². The molecule has 8 rings (SSSR count). The van der Waals surface area contributed by atoms with Crippen molar-refractivity contribution in [2.75, 3.05) is 14.2 Å². The number of rotatable bonds is 18. The number of aliphatic hydroxyl groups excluding tert-OH is 6. The van der Waals surface area contributed by atoms with Gasteiger partial charge in [0, 0.05) is 57.8 Å². The zero-order chi connectivity index (χ0) is 60.1. The lowest BCUT2D eigenvalue weighted by atomic mass is 9.75. The van der Waals surface area contributed by atoms with Gasteiger partial charge in [0.15, 0.2) is 42.8 Å². The number of benzene rings is 2. The fourth-order valence-corrected chi connectivity index (χ4v) is 12.2. The maximum atomic E-state index is 15.1. The van der Waals surface area contributed by atoms with Crippen LogP contribution in [0.1, 0.15) is 116 Å². The van der Waals surface area contributed by atoms with Gasteiger partial charge in [-0.2, -0.15) is 0 Å². The highest BCUT2D eigenvalue weighted by atomic mass is 16.7. The van der Waals surface area contributed by atoms with Crippen molar-refractivity contribution in [2.24, 2.45) is 11.8 Å². The number of carbonyl (C=O) groups excluding carboxylic acids is 3. The molecule has 5 fully saturated rings. The molecule has 2 aromatic carbocycles. The Bertz CT molecular complexity index is 2550. The lowest BCUT2D eigenvalue weighted by molar-refractivity contribution is -0.334. The van der Waals surface area contributed by atoms with Gasteiger partial charge in [-0.3, -0.25) is 14.4 Å². The van der Waals surface area contributed by atoms with E-state index >= 15 is 4.79 Å². The standard InChI is InChI=1S/C57H84O25/c1-21(2)56(68)82-55-28(9)76-41(20-57(55,10)69)80-36-18-39(73-25(6)48(36)64)79-35-19-40(74-26(7)47(35)63)81-54-31(53(71-12)51(67)45(61)23(4)58)14-29-13-30-15-33(22(3)44(60)42(30)49(65)43(29)50(54)66)77-38-17-34(46(62)24(5)72-38)78-37-16-32(59)52(70-11)27(8)75-37/h13,15,21,23-28,31-32,34-41,45-48,52-55,58-65,69H,14,16-20H2,1-12H3. The summed E-state index contributed by atoms with van der Waals surface area (Å²) in [4.78, 5) is 41.5. The molecule has 5 aliphatic heterocycles. The normalized spacial score (nSPS) is 40.2. The number of esters is 1. The lowest BCUT2D eigenvalue weighted by Gasteiger charge is -2.47. The van der Waals surface area contributed by atoms with E-state index in [2.05, 4.69) is 0 Å². The number of hydrogen-bond donors (Lipinski definition) is 9. The Morgan fingerprint density at radius 3 is 1.73 bits per heavy atom. The van der Waals surface area contributed by atoms with Crippen molar-refractivity contribution in [3.05, 3.63) is 28.8 Å². The molecule has 0 spiro atoms. The molecule has 2 aromatic rings. The van der Waals surface area contributed by atoms with Crippen LogP contribution in [0, 0.1) is 18.8 Å². The van der Waals surface area contributed by atoms with Crippen LogP contribution >= 0.6 is 0 Å². The SMILES string of the molecule is COC(C(=O)C(O)C(C)O)C1Cc2cc3cc(OC4CC(OC5CC(O)C(OC)C(C)O5)C(O)C(C)O4)c(C)c(O)c3c(O)c2C(=O)C1OC1CC(OC2CC(OC3CC(C)(O)C(OC(=O)C(C)C)C(C)O3)C(O)C(C)O2)C(O)C(C)O1. The monoisotopic (exact) mass is 1170 g/mol. The van der Waals surface area contributed by atoms with Gasteiger partial charge in [-0.15, -0.1) is 0 Å². The molecule has 462 valence electrons. The topological polar surface area (TPSA) is 353 Å². The van der Waals surface area contributed by atoms with Crippen molar-refractivity contribution in [3.63, 3.8) is 0 Å². The first-order valence-corrected chi connectivity index (χ1v) is 28.2. The van der Waals surface area contributed by atoms with Crippen LogP contribution in [0.25, 0.3) is 10.8 Å². The Hall–Kier alpha value is -3.81. The molecule has 9 N–H and O–H groups in total. The molecular weight excluding hydrogens is 1080 g/mol. The van der Waals surface area contributed by atoms with Gasteiger partial charge in [0.1, 0.15) is 65.6 Å². The highest BCUT2D eigenvalue weighted by Crippen LogP contribution is 2.48. The first kappa shape index (κ1) is 64.2. The second-order valence-corrected chi connectivity index (χ2v) is 23.5. The number of hydrogen-bond acceptors (Lipinski definition) is 25. The van der Waals surface area contributed by atoms with E-state index in [1.165, 1.54) is 47.1 Å². The molecule has 0 amide bonds. The van der Waals surface area contributed by atoms with Crippen LogP contribution in [0.5, 0.6) is 17.2 Å². The average Bonchev–Trinajstić information content (AvgIpc) is 2.83. The Kier molecular flexibility index (Phi) is 20.4. The molecule has 82 heavy (non-hydrogen) atoms. The van der Waals surface area contributed by atoms with E-state index in [0.29, 0.717) is 0 Å². The average molecular weight is 1170 g/mol. The number of phenols is 2. The van der Waals surface area contributed by atoms with E-state index in [1.54, 1.807) is 48.5 Å². The molecule has 5 saturated heterocycles. The fourth-order valence-electron chi connectivity index (χ4n) is 12.2. The van der Waals surface area contributed by atoms with Crippen molar-refractivity contribution >= 4 is 28.3 Å². The predicted molar refractivity (Wildman–Crippen MR) is 282 cm³/mol. The smallest absolute Gasteiger partial charge is 0.308 e. The minimum atomic E-state index is -1.95. The number of aliphatic hydroxyl groups is 7. The summed E-state index contributed by atoms with van der Waals surface area (Å²) >= 11 is 0. The van der Waals surface area contributed by atoms with Crippen molar-refractivity contribution in [1.82, 2.24) is 0 Å². The van der Waals surface area contributed by atoms with E-state index in [4.69, 9.17) is 61.6 Å². The van der Waals surface area contributed by atoms with E-state index in [0.717, 1.165) is 0 Å². The Morgan fingerprint density at radius 2 is 1.21 bits per heavy atom. The van der Waals surface area contributed by atoms with Gasteiger partial charge in [-0.25, -0.2) is 0 Å². The van der Waals surface area contributed by atoms with Crippen molar-refractivity contribution < 1.29 is 122 Å². The minimum absolute atomic E-state index is 0.00841. The zero-order valence-electron chi connectivity index (χ0n) is 48.4. The molecule has 0 bridgehead atoms. The summed E-state index contributed by atoms with van der Waals surface area (Å²) in [7, 11) is 2.66. The third-order valence-corrected chi connectivity index (χ3v) is 16.8. The Labute approximate surface area is 475 Å². The van der Waals surface area contributed by atoms with Gasteiger partial charge in [0.05, 0.1) is 77.9 Å². The number of methoxy groups -OCH3 is 2. The molecular formula is C57H84O25. The minimum Gasteiger partial charge on any atom is -0.507 e. The first-order valence-electron chi connectivity index (χ1n) is 28.2. The largest absolute Gasteiger partial charge is 0.507 e.